The standard InChI is InChI=1S/C24H32N2O4/c1-6-7-12-28-22-15-18(2)24(19(3)16-22)30-14-9-8-13-29-23-11-10-21(17-25-23)20(4)26-27-5/h6-7,10-11,15-17H,8-9,12-14H2,1-5H3/b7-6+,26-20?. The predicted molar refractivity (Wildman–Crippen MR) is 120 cm³/mol. The maximum Gasteiger partial charge on any atom is 0.213 e. The van der Waals surface area contributed by atoms with Gasteiger partial charge in [0.2, 0.25) is 5.88 Å². The first-order valence-electron chi connectivity index (χ1n) is 10.2. The fourth-order valence-electron chi connectivity index (χ4n) is 2.89. The lowest BCUT2D eigenvalue weighted by Crippen LogP contribution is -2.05. The molecule has 1 heterocycles. The minimum atomic E-state index is 0.577. The maximum absolute atomic E-state index is 6.00. The first-order valence-corrected chi connectivity index (χ1v) is 10.2. The number of ether oxygens (including phenoxy) is 3. The second kappa shape index (κ2) is 12.5. The smallest absolute Gasteiger partial charge is 0.213 e. The topological polar surface area (TPSA) is 62.2 Å². The van der Waals surface area contributed by atoms with E-state index in [9.17, 15) is 0 Å². The fourth-order valence-corrected chi connectivity index (χ4v) is 2.89. The monoisotopic (exact) mass is 412 g/mol. The summed E-state index contributed by atoms with van der Waals surface area (Å²) in [4.78, 5) is 9.07. The van der Waals surface area contributed by atoms with E-state index >= 15 is 0 Å². The molecule has 0 fully saturated rings. The van der Waals surface area contributed by atoms with E-state index in [4.69, 9.17) is 19.0 Å². The molecule has 2 rings (SSSR count). The molecule has 0 amide bonds. The quantitative estimate of drug-likeness (QED) is 0.206. The van der Waals surface area contributed by atoms with Crippen LogP contribution in [0.3, 0.4) is 0 Å². The second-order valence-electron chi connectivity index (χ2n) is 6.91. The molecular formula is C24H32N2O4. The van der Waals surface area contributed by atoms with Crippen molar-refractivity contribution in [2.45, 2.75) is 40.5 Å². The van der Waals surface area contributed by atoms with E-state index in [2.05, 4.69) is 10.1 Å². The van der Waals surface area contributed by atoms with Crippen molar-refractivity contribution < 1.29 is 19.0 Å². The van der Waals surface area contributed by atoms with Crippen molar-refractivity contribution in [2.24, 2.45) is 5.16 Å². The molecule has 0 spiro atoms. The number of benzene rings is 1. The second-order valence-corrected chi connectivity index (χ2v) is 6.91. The van der Waals surface area contributed by atoms with E-state index in [1.54, 1.807) is 6.20 Å². The molecule has 1 aromatic heterocycles. The van der Waals surface area contributed by atoms with E-state index in [1.807, 2.05) is 64.1 Å². The summed E-state index contributed by atoms with van der Waals surface area (Å²) in [7, 11) is 1.52. The molecule has 1 aromatic carbocycles. The van der Waals surface area contributed by atoms with Crippen LogP contribution < -0.4 is 14.2 Å². The van der Waals surface area contributed by atoms with Gasteiger partial charge in [0, 0.05) is 17.8 Å². The molecule has 0 radical (unpaired) electrons. The molecule has 6 heteroatoms. The van der Waals surface area contributed by atoms with E-state index < -0.39 is 0 Å². The molecule has 2 aromatic rings. The molecule has 0 saturated heterocycles. The van der Waals surface area contributed by atoms with Crippen molar-refractivity contribution >= 4 is 5.71 Å². The number of oxime groups is 1. The van der Waals surface area contributed by atoms with Gasteiger partial charge in [0.15, 0.2) is 0 Å². The Kier molecular flexibility index (Phi) is 9.71. The summed E-state index contributed by atoms with van der Waals surface area (Å²) >= 11 is 0. The van der Waals surface area contributed by atoms with Crippen LogP contribution in [-0.2, 0) is 4.84 Å². The lowest BCUT2D eigenvalue weighted by molar-refractivity contribution is 0.213. The molecule has 0 aliphatic carbocycles. The van der Waals surface area contributed by atoms with Crippen molar-refractivity contribution in [3.05, 3.63) is 59.3 Å². The highest BCUT2D eigenvalue weighted by atomic mass is 16.6. The molecule has 0 unspecified atom stereocenters. The van der Waals surface area contributed by atoms with Crippen LogP contribution in [0.15, 0.2) is 47.8 Å². The van der Waals surface area contributed by atoms with Crippen LogP contribution in [0.4, 0.5) is 0 Å². The van der Waals surface area contributed by atoms with Crippen molar-refractivity contribution in [2.75, 3.05) is 26.9 Å². The van der Waals surface area contributed by atoms with Gasteiger partial charge in [-0.1, -0.05) is 17.3 Å². The Labute approximate surface area is 179 Å². The molecule has 0 bridgehead atoms. The third kappa shape index (κ3) is 7.43. The van der Waals surface area contributed by atoms with Crippen LogP contribution in [0, 0.1) is 13.8 Å². The van der Waals surface area contributed by atoms with Crippen molar-refractivity contribution in [1.82, 2.24) is 4.98 Å². The molecule has 30 heavy (non-hydrogen) atoms. The number of allylic oxidation sites excluding steroid dienone is 1. The molecule has 0 aliphatic heterocycles. The molecular weight excluding hydrogens is 380 g/mol. The van der Waals surface area contributed by atoms with Gasteiger partial charge in [-0.15, -0.1) is 0 Å². The molecule has 6 nitrogen and oxygen atoms in total. The Balaban J connectivity index is 1.72. The van der Waals surface area contributed by atoms with Gasteiger partial charge in [0.1, 0.15) is 25.2 Å². The summed E-state index contributed by atoms with van der Waals surface area (Å²) in [6.07, 6.45) is 7.47. The molecule has 0 saturated carbocycles. The number of unbranched alkanes of at least 4 members (excludes halogenated alkanes) is 1. The number of aryl methyl sites for hydroxylation is 2. The molecule has 0 aliphatic rings. The van der Waals surface area contributed by atoms with Crippen LogP contribution in [0.1, 0.15) is 43.4 Å². The van der Waals surface area contributed by atoms with E-state index in [0.29, 0.717) is 25.7 Å². The summed E-state index contributed by atoms with van der Waals surface area (Å²) in [5.41, 5.74) is 3.84. The van der Waals surface area contributed by atoms with Gasteiger partial charge in [-0.05, 0) is 69.9 Å². The molecule has 162 valence electrons. The third-order valence-corrected chi connectivity index (χ3v) is 4.43. The minimum absolute atomic E-state index is 0.577. The third-order valence-electron chi connectivity index (χ3n) is 4.43. The Morgan fingerprint density at radius 2 is 1.73 bits per heavy atom. The zero-order valence-electron chi connectivity index (χ0n) is 18.6. The van der Waals surface area contributed by atoms with Crippen LogP contribution in [-0.4, -0.2) is 37.6 Å². The number of hydrogen-bond donors (Lipinski definition) is 0. The van der Waals surface area contributed by atoms with Gasteiger partial charge >= 0.3 is 0 Å². The van der Waals surface area contributed by atoms with Crippen LogP contribution in [0.2, 0.25) is 0 Å². The lowest BCUT2D eigenvalue weighted by atomic mass is 10.1. The van der Waals surface area contributed by atoms with E-state index in [1.165, 1.54) is 7.11 Å². The van der Waals surface area contributed by atoms with E-state index in [-0.39, 0.29) is 0 Å². The maximum atomic E-state index is 6.00. The normalized spacial score (nSPS) is 11.6. The Morgan fingerprint density at radius 3 is 2.33 bits per heavy atom. The molecule has 0 atom stereocenters. The van der Waals surface area contributed by atoms with Gasteiger partial charge < -0.3 is 19.0 Å². The highest BCUT2D eigenvalue weighted by Gasteiger charge is 2.07. The van der Waals surface area contributed by atoms with E-state index in [0.717, 1.165) is 46.7 Å². The summed E-state index contributed by atoms with van der Waals surface area (Å²) in [5.74, 6) is 2.40. The number of rotatable bonds is 12. The highest BCUT2D eigenvalue weighted by molar-refractivity contribution is 5.98. The fraction of sp³-hybridized carbons (Fsp3) is 0.417. The predicted octanol–water partition coefficient (Wildman–Crippen LogP) is 5.26. The van der Waals surface area contributed by atoms with Crippen molar-refractivity contribution in [3.63, 3.8) is 0 Å². The Morgan fingerprint density at radius 1 is 1.03 bits per heavy atom. The van der Waals surface area contributed by atoms with Crippen molar-refractivity contribution in [3.8, 4) is 17.4 Å². The van der Waals surface area contributed by atoms with Gasteiger partial charge in [0.25, 0.3) is 0 Å². The average Bonchev–Trinajstić information content (AvgIpc) is 2.73. The van der Waals surface area contributed by atoms with Crippen molar-refractivity contribution in [1.29, 1.82) is 0 Å². The zero-order valence-corrected chi connectivity index (χ0v) is 18.6. The van der Waals surface area contributed by atoms with Gasteiger partial charge in [0.05, 0.1) is 18.9 Å². The Hall–Kier alpha value is -3.02. The first kappa shape index (κ1) is 23.3. The number of pyridine rings is 1. The van der Waals surface area contributed by atoms with Crippen LogP contribution in [0.5, 0.6) is 17.4 Å². The zero-order chi connectivity index (χ0) is 21.8. The molecule has 0 N–H and O–H groups in total. The van der Waals surface area contributed by atoms with Gasteiger partial charge in [-0.2, -0.15) is 0 Å². The highest BCUT2D eigenvalue weighted by Crippen LogP contribution is 2.28. The number of aromatic nitrogens is 1. The SMILES string of the molecule is C/C=C/COc1cc(C)c(OCCCCOc2ccc(C(C)=NOC)cn2)c(C)c1. The lowest BCUT2D eigenvalue weighted by Gasteiger charge is -2.14. The minimum Gasteiger partial charge on any atom is -0.493 e. The first-order chi connectivity index (χ1) is 14.5. The average molecular weight is 413 g/mol. The number of hydrogen-bond acceptors (Lipinski definition) is 6. The largest absolute Gasteiger partial charge is 0.493 e. The van der Waals surface area contributed by atoms with Crippen LogP contribution >= 0.6 is 0 Å². The van der Waals surface area contributed by atoms with Gasteiger partial charge in [-0.3, -0.25) is 0 Å². The Bertz CT molecular complexity index is 822. The summed E-state index contributed by atoms with van der Waals surface area (Å²) in [5, 5.41) is 3.89. The van der Waals surface area contributed by atoms with Gasteiger partial charge in [-0.25, -0.2) is 4.98 Å². The summed E-state index contributed by atoms with van der Waals surface area (Å²) < 4.78 is 17.4. The summed E-state index contributed by atoms with van der Waals surface area (Å²) in [6, 6.07) is 7.79. The summed E-state index contributed by atoms with van der Waals surface area (Å²) in [6.45, 7) is 9.75. The van der Waals surface area contributed by atoms with Crippen LogP contribution in [0.25, 0.3) is 0 Å². The number of nitrogens with zero attached hydrogens (tertiary/aromatic N) is 2.